The summed E-state index contributed by atoms with van der Waals surface area (Å²) < 4.78 is 22.7. The maximum absolute atomic E-state index is 13.2. The molecule has 2 aliphatic heterocycles. The van der Waals surface area contributed by atoms with Crippen LogP contribution in [0.25, 0.3) is 0 Å². The molecule has 0 spiro atoms. The third-order valence-corrected chi connectivity index (χ3v) is 14.0. The fourth-order valence-electron chi connectivity index (χ4n) is 9.28. The number of allylic oxidation sites excluding steroid dienone is 7. The number of hydrogen-bond acceptors (Lipinski definition) is 13. The quantitative estimate of drug-likeness (QED) is 0.0205. The number of nitrogens with one attached hydrogen (secondary N) is 1. The summed E-state index contributed by atoms with van der Waals surface area (Å²) in [5.41, 5.74) is 0. The maximum atomic E-state index is 13.2. The number of rotatable bonds is 45. The molecule has 0 saturated carbocycles. The van der Waals surface area contributed by atoms with Crippen LogP contribution < -0.4 is 5.32 Å². The molecular formula is C58H105NO13. The van der Waals surface area contributed by atoms with Gasteiger partial charge in [0.15, 0.2) is 12.6 Å². The molecule has 9 N–H and O–H groups in total. The average Bonchev–Trinajstić information content (AvgIpc) is 3.38. The van der Waals surface area contributed by atoms with E-state index in [1.165, 1.54) is 135 Å². The highest BCUT2D eigenvalue weighted by atomic mass is 16.7. The molecule has 2 heterocycles. The van der Waals surface area contributed by atoms with Crippen molar-refractivity contribution in [2.45, 2.75) is 293 Å². The molecule has 14 nitrogen and oxygen atoms in total. The third-order valence-electron chi connectivity index (χ3n) is 14.0. The average molecular weight is 1020 g/mol. The molecule has 1 amide bonds. The van der Waals surface area contributed by atoms with Crippen LogP contribution in [0.4, 0.5) is 0 Å². The number of carbonyl (C=O) groups excluding carboxylic acids is 1. The Morgan fingerprint density at radius 1 is 0.500 bits per heavy atom. The van der Waals surface area contributed by atoms with Crippen molar-refractivity contribution in [2.75, 3.05) is 19.8 Å². The van der Waals surface area contributed by atoms with Gasteiger partial charge in [-0.25, -0.2) is 0 Å². The lowest BCUT2D eigenvalue weighted by Crippen LogP contribution is -2.65. The zero-order valence-corrected chi connectivity index (χ0v) is 44.9. The van der Waals surface area contributed by atoms with Gasteiger partial charge in [-0.15, -0.1) is 0 Å². The Bertz CT molecular complexity index is 1390. The Morgan fingerprint density at radius 3 is 1.47 bits per heavy atom. The molecule has 0 bridgehead atoms. The van der Waals surface area contributed by atoms with E-state index in [0.717, 1.165) is 51.4 Å². The second-order valence-corrected chi connectivity index (χ2v) is 20.4. The van der Waals surface area contributed by atoms with Crippen molar-refractivity contribution < 1.29 is 64.6 Å². The molecule has 72 heavy (non-hydrogen) atoms. The number of aliphatic hydroxyl groups is 8. The molecule has 14 heteroatoms. The number of hydrogen-bond donors (Lipinski definition) is 9. The smallest absolute Gasteiger partial charge is 0.220 e. The van der Waals surface area contributed by atoms with E-state index in [9.17, 15) is 45.6 Å². The van der Waals surface area contributed by atoms with Crippen LogP contribution in [0.1, 0.15) is 219 Å². The molecule has 0 aromatic carbocycles. The number of ether oxygens (including phenoxy) is 4. The Hall–Kier alpha value is -2.05. The topological polar surface area (TPSA) is 228 Å². The fourth-order valence-corrected chi connectivity index (χ4v) is 9.28. The molecule has 2 saturated heterocycles. The van der Waals surface area contributed by atoms with E-state index >= 15 is 0 Å². The number of carbonyl (C=O) groups is 1. The van der Waals surface area contributed by atoms with Gasteiger partial charge < -0.3 is 65.1 Å². The molecule has 420 valence electrons. The molecular weight excluding hydrogens is 919 g/mol. The molecule has 2 rings (SSSR count). The molecule has 0 aliphatic carbocycles. The number of unbranched alkanes of at least 4 members (excludes halogenated alkanes) is 26. The maximum Gasteiger partial charge on any atom is 0.220 e. The van der Waals surface area contributed by atoms with E-state index in [-0.39, 0.29) is 18.9 Å². The van der Waals surface area contributed by atoms with Crippen LogP contribution in [0.5, 0.6) is 0 Å². The first kappa shape index (κ1) is 66.1. The molecule has 0 aromatic heterocycles. The summed E-state index contributed by atoms with van der Waals surface area (Å²) in [7, 11) is 0. The van der Waals surface area contributed by atoms with Gasteiger partial charge in [0, 0.05) is 6.42 Å². The minimum Gasteiger partial charge on any atom is -0.394 e. The van der Waals surface area contributed by atoms with Gasteiger partial charge >= 0.3 is 0 Å². The van der Waals surface area contributed by atoms with Gasteiger partial charge in [-0.1, -0.05) is 197 Å². The summed E-state index contributed by atoms with van der Waals surface area (Å²) in [6.45, 7) is 2.75. The van der Waals surface area contributed by atoms with Crippen LogP contribution in [0.3, 0.4) is 0 Å². The fraction of sp³-hybridized carbons (Fsp3) is 0.845. The van der Waals surface area contributed by atoms with Crippen molar-refractivity contribution in [1.82, 2.24) is 5.32 Å². The second kappa shape index (κ2) is 44.1. The van der Waals surface area contributed by atoms with E-state index in [0.29, 0.717) is 12.8 Å². The van der Waals surface area contributed by atoms with E-state index < -0.39 is 86.8 Å². The lowest BCUT2D eigenvalue weighted by Gasteiger charge is -2.46. The molecule has 2 fully saturated rings. The molecule has 12 unspecified atom stereocenters. The lowest BCUT2D eigenvalue weighted by atomic mass is 9.97. The Labute approximate surface area is 435 Å². The summed E-state index contributed by atoms with van der Waals surface area (Å²) in [6.07, 6.45) is 37.2. The van der Waals surface area contributed by atoms with Crippen LogP contribution in [0, 0.1) is 0 Å². The second-order valence-electron chi connectivity index (χ2n) is 20.4. The minimum absolute atomic E-state index is 0.258. The van der Waals surface area contributed by atoms with Crippen LogP contribution in [-0.2, 0) is 23.7 Å². The van der Waals surface area contributed by atoms with Gasteiger partial charge in [0.25, 0.3) is 0 Å². The molecule has 12 atom stereocenters. The van der Waals surface area contributed by atoms with Crippen molar-refractivity contribution in [3.8, 4) is 0 Å². The summed E-state index contributed by atoms with van der Waals surface area (Å²) in [6, 6.07) is -0.936. The first-order valence-corrected chi connectivity index (χ1v) is 28.9. The van der Waals surface area contributed by atoms with E-state index in [2.05, 4.69) is 55.6 Å². The number of amides is 1. The molecule has 0 radical (unpaired) electrons. The van der Waals surface area contributed by atoms with Gasteiger partial charge in [-0.3, -0.25) is 4.79 Å². The van der Waals surface area contributed by atoms with Crippen LogP contribution in [0.15, 0.2) is 48.6 Å². The highest BCUT2D eigenvalue weighted by Crippen LogP contribution is 2.30. The standard InChI is InChI=1S/C58H105NO13/c1-3-5-7-9-11-13-15-17-19-21-22-23-24-26-27-29-31-33-35-37-39-41-47(62)46(59-50(63)42-40-38-36-34-32-30-28-25-20-18-16-14-12-10-8-6-4-2)45-69-57-55(68)53(66)56(49(44-61)71-57)72-58-54(67)52(65)51(64)48(43-60)70-58/h12,14,18,20,31,33,39,41,46-49,51-58,60-62,64-68H,3-11,13,15-17,19,21-30,32,34-38,40,42-45H2,1-2H3,(H,59,63)/b14-12-,20-18-,33-31+,41-39+. The first-order chi connectivity index (χ1) is 35.1. The monoisotopic (exact) mass is 1020 g/mol. The largest absolute Gasteiger partial charge is 0.394 e. The zero-order chi connectivity index (χ0) is 52.4. The highest BCUT2D eigenvalue weighted by Gasteiger charge is 2.51. The van der Waals surface area contributed by atoms with Crippen molar-refractivity contribution in [1.29, 1.82) is 0 Å². The van der Waals surface area contributed by atoms with Crippen molar-refractivity contribution in [3.05, 3.63) is 48.6 Å². The Morgan fingerprint density at radius 2 is 0.931 bits per heavy atom. The molecule has 2 aliphatic rings. The van der Waals surface area contributed by atoms with Crippen LogP contribution >= 0.6 is 0 Å². The highest BCUT2D eigenvalue weighted by molar-refractivity contribution is 5.76. The summed E-state index contributed by atoms with van der Waals surface area (Å²) in [4.78, 5) is 13.2. The lowest BCUT2D eigenvalue weighted by molar-refractivity contribution is -0.359. The van der Waals surface area contributed by atoms with Gasteiger partial charge in [-0.2, -0.15) is 0 Å². The predicted molar refractivity (Wildman–Crippen MR) is 286 cm³/mol. The summed E-state index contributed by atoms with van der Waals surface area (Å²) in [5.74, 6) is -0.258. The van der Waals surface area contributed by atoms with E-state index in [4.69, 9.17) is 18.9 Å². The Kier molecular flexibility index (Phi) is 40.5. The minimum atomic E-state index is -1.79. The SMILES string of the molecule is CCCCC/C=C\C/C=C\CCCCCCCCCC(=O)NC(COC1OC(CO)C(OC2OC(CO)C(O)C(O)C2O)C(O)C1O)C(O)/C=C/CC/C=C/CCCCCCCCCCCCCCCCC. The first-order valence-electron chi connectivity index (χ1n) is 28.9. The van der Waals surface area contributed by atoms with Crippen LogP contribution in [0.2, 0.25) is 0 Å². The summed E-state index contributed by atoms with van der Waals surface area (Å²) in [5, 5.41) is 87.0. The van der Waals surface area contributed by atoms with Crippen molar-refractivity contribution in [3.63, 3.8) is 0 Å². The number of aliphatic hydroxyl groups excluding tert-OH is 8. The van der Waals surface area contributed by atoms with Crippen molar-refractivity contribution >= 4 is 5.91 Å². The normalized spacial score (nSPS) is 25.9. The van der Waals surface area contributed by atoms with Gasteiger partial charge in [0.05, 0.1) is 32.0 Å². The van der Waals surface area contributed by atoms with Crippen molar-refractivity contribution in [2.24, 2.45) is 0 Å². The predicted octanol–water partition coefficient (Wildman–Crippen LogP) is 9.22. The van der Waals surface area contributed by atoms with Crippen LogP contribution in [-0.4, -0.2) is 140 Å². The van der Waals surface area contributed by atoms with Gasteiger partial charge in [-0.05, 0) is 64.2 Å². The van der Waals surface area contributed by atoms with E-state index in [1.54, 1.807) is 6.08 Å². The third kappa shape index (κ3) is 29.9. The Balaban J connectivity index is 1.81. The zero-order valence-electron chi connectivity index (χ0n) is 44.9. The molecule has 0 aromatic rings. The van der Waals surface area contributed by atoms with Gasteiger partial charge in [0.2, 0.25) is 5.91 Å². The van der Waals surface area contributed by atoms with E-state index in [1.807, 2.05) is 6.08 Å². The van der Waals surface area contributed by atoms with Gasteiger partial charge in [0.1, 0.15) is 48.8 Å². The summed E-state index contributed by atoms with van der Waals surface area (Å²) >= 11 is 0.